The van der Waals surface area contributed by atoms with Crippen LogP contribution in [0, 0.1) is 0 Å². The first-order valence-electron chi connectivity index (χ1n) is 6.02. The fraction of sp³-hybridized carbons (Fsp3) is 0.500. The van der Waals surface area contributed by atoms with Gasteiger partial charge in [0.05, 0.1) is 17.6 Å². The quantitative estimate of drug-likeness (QED) is 0.767. The molecule has 1 fully saturated rings. The first kappa shape index (κ1) is 10.8. The Bertz CT molecular complexity index is 516. The Morgan fingerprint density at radius 2 is 2.06 bits per heavy atom. The van der Waals surface area contributed by atoms with E-state index in [1.165, 1.54) is 19.3 Å². The summed E-state index contributed by atoms with van der Waals surface area (Å²) >= 11 is 5.99. The van der Waals surface area contributed by atoms with Crippen molar-refractivity contribution in [2.75, 3.05) is 18.1 Å². The van der Waals surface area contributed by atoms with Crippen molar-refractivity contribution in [2.24, 2.45) is 0 Å². The van der Waals surface area contributed by atoms with Crippen LogP contribution in [0.4, 0.5) is 0 Å². The van der Waals surface area contributed by atoms with Gasteiger partial charge in [-0.3, -0.25) is 4.98 Å². The van der Waals surface area contributed by atoms with Crippen molar-refractivity contribution >= 4 is 22.6 Å². The molecule has 4 nitrogen and oxygen atoms in total. The summed E-state index contributed by atoms with van der Waals surface area (Å²) in [6.07, 6.45) is 7.41. The molecule has 0 aromatic carbocycles. The van der Waals surface area contributed by atoms with E-state index >= 15 is 0 Å². The first-order valence-corrected chi connectivity index (χ1v) is 6.56. The summed E-state index contributed by atoms with van der Waals surface area (Å²) in [6.45, 7) is 2.16. The van der Waals surface area contributed by atoms with Crippen molar-refractivity contribution in [3.63, 3.8) is 0 Å². The van der Waals surface area contributed by atoms with Gasteiger partial charge in [0.1, 0.15) is 11.3 Å². The molecule has 0 atom stereocenters. The lowest BCUT2D eigenvalue weighted by molar-refractivity contribution is 0.478. The van der Waals surface area contributed by atoms with Gasteiger partial charge in [0.2, 0.25) is 0 Å². The van der Waals surface area contributed by atoms with Crippen molar-refractivity contribution in [1.29, 1.82) is 0 Å². The van der Waals surface area contributed by atoms with E-state index in [0.717, 1.165) is 29.9 Å². The lowest BCUT2D eigenvalue weighted by Crippen LogP contribution is -2.39. The number of pyridine rings is 1. The molecule has 3 rings (SSSR count). The molecule has 1 saturated heterocycles. The van der Waals surface area contributed by atoms with Gasteiger partial charge in [0.25, 0.3) is 0 Å². The van der Waals surface area contributed by atoms with Gasteiger partial charge in [-0.2, -0.15) is 0 Å². The number of halogens is 1. The monoisotopic (exact) mass is 250 g/mol. The third kappa shape index (κ3) is 1.86. The topological polar surface area (TPSA) is 34.0 Å². The molecular formula is C12H15ClN4. The van der Waals surface area contributed by atoms with Gasteiger partial charge in [-0.25, -0.2) is 9.66 Å². The fourth-order valence-electron chi connectivity index (χ4n) is 2.45. The smallest absolute Gasteiger partial charge is 0.143 e. The summed E-state index contributed by atoms with van der Waals surface area (Å²) in [5.41, 5.74) is 2.03. The second kappa shape index (κ2) is 4.53. The molecule has 0 spiro atoms. The summed E-state index contributed by atoms with van der Waals surface area (Å²) in [5.74, 6) is 1.35. The van der Waals surface area contributed by atoms with Gasteiger partial charge in [-0.15, -0.1) is 11.6 Å². The van der Waals surface area contributed by atoms with Gasteiger partial charge in [0.15, 0.2) is 0 Å². The number of nitrogens with zero attached hydrogens (tertiary/aromatic N) is 4. The molecule has 1 aliphatic rings. The molecule has 0 radical (unpaired) electrons. The van der Waals surface area contributed by atoms with Crippen LogP contribution in [0.3, 0.4) is 0 Å². The molecule has 0 aliphatic carbocycles. The van der Waals surface area contributed by atoms with Gasteiger partial charge in [-0.05, 0) is 25.3 Å². The average molecular weight is 251 g/mol. The van der Waals surface area contributed by atoms with Gasteiger partial charge in [-0.1, -0.05) is 0 Å². The minimum Gasteiger partial charge on any atom is -0.311 e. The molecule has 0 bridgehead atoms. The van der Waals surface area contributed by atoms with E-state index in [-0.39, 0.29) is 0 Å². The van der Waals surface area contributed by atoms with Crippen LogP contribution in [0.1, 0.15) is 25.1 Å². The predicted molar refractivity (Wildman–Crippen MR) is 68.9 cm³/mol. The first-order chi connectivity index (χ1) is 8.40. The van der Waals surface area contributed by atoms with Crippen molar-refractivity contribution in [1.82, 2.24) is 14.6 Å². The van der Waals surface area contributed by atoms with Crippen LogP contribution >= 0.6 is 11.6 Å². The van der Waals surface area contributed by atoms with E-state index in [9.17, 15) is 0 Å². The van der Waals surface area contributed by atoms with Crippen LogP contribution in [-0.4, -0.2) is 27.7 Å². The molecule has 0 unspecified atom stereocenters. The zero-order valence-corrected chi connectivity index (χ0v) is 10.4. The van der Waals surface area contributed by atoms with Crippen LogP contribution in [-0.2, 0) is 5.88 Å². The average Bonchev–Trinajstić information content (AvgIpc) is 2.78. The number of piperidine rings is 1. The molecule has 2 aromatic rings. The fourth-order valence-corrected chi connectivity index (χ4v) is 2.62. The molecule has 3 heterocycles. The van der Waals surface area contributed by atoms with Crippen molar-refractivity contribution < 1.29 is 0 Å². The molecule has 0 saturated carbocycles. The molecule has 0 amide bonds. The normalized spacial score (nSPS) is 16.6. The number of alkyl halides is 1. The SMILES string of the molecule is ClCc1nc2cnccc2n1N1CCCCC1. The Morgan fingerprint density at radius 3 is 2.82 bits per heavy atom. The number of imidazole rings is 1. The van der Waals surface area contributed by atoms with Gasteiger partial charge < -0.3 is 5.01 Å². The van der Waals surface area contributed by atoms with Crippen LogP contribution in [0.2, 0.25) is 0 Å². The second-order valence-electron chi connectivity index (χ2n) is 4.35. The van der Waals surface area contributed by atoms with E-state index in [1.54, 1.807) is 6.20 Å². The molecule has 1 aliphatic heterocycles. The highest BCUT2D eigenvalue weighted by molar-refractivity contribution is 6.16. The Hall–Kier alpha value is -1.29. The second-order valence-corrected chi connectivity index (χ2v) is 4.62. The highest BCUT2D eigenvalue weighted by Crippen LogP contribution is 2.19. The molecule has 17 heavy (non-hydrogen) atoms. The van der Waals surface area contributed by atoms with Gasteiger partial charge >= 0.3 is 0 Å². The number of hydrogen-bond acceptors (Lipinski definition) is 3. The van der Waals surface area contributed by atoms with E-state index in [1.807, 2.05) is 12.3 Å². The van der Waals surface area contributed by atoms with E-state index in [2.05, 4.69) is 19.7 Å². The number of hydrogen-bond donors (Lipinski definition) is 0. The predicted octanol–water partition coefficient (Wildman–Crippen LogP) is 2.29. The van der Waals surface area contributed by atoms with Gasteiger partial charge in [0, 0.05) is 19.3 Å². The molecule has 0 N–H and O–H groups in total. The summed E-state index contributed by atoms with van der Waals surface area (Å²) in [5, 5.41) is 2.34. The third-order valence-electron chi connectivity index (χ3n) is 3.23. The van der Waals surface area contributed by atoms with Crippen LogP contribution in [0.15, 0.2) is 18.5 Å². The highest BCUT2D eigenvalue weighted by Gasteiger charge is 2.17. The lowest BCUT2D eigenvalue weighted by atomic mass is 10.2. The maximum absolute atomic E-state index is 5.99. The minimum atomic E-state index is 0.436. The summed E-state index contributed by atoms with van der Waals surface area (Å²) in [6, 6.07) is 2.01. The molecular weight excluding hydrogens is 236 g/mol. The van der Waals surface area contributed by atoms with E-state index in [4.69, 9.17) is 11.6 Å². The largest absolute Gasteiger partial charge is 0.311 e. The van der Waals surface area contributed by atoms with Crippen LogP contribution in [0.5, 0.6) is 0 Å². The van der Waals surface area contributed by atoms with Crippen molar-refractivity contribution in [2.45, 2.75) is 25.1 Å². The maximum atomic E-state index is 5.99. The highest BCUT2D eigenvalue weighted by atomic mass is 35.5. The zero-order valence-electron chi connectivity index (χ0n) is 9.64. The number of fused-ring (bicyclic) bond motifs is 1. The number of aromatic nitrogens is 3. The van der Waals surface area contributed by atoms with Crippen LogP contribution in [0.25, 0.3) is 11.0 Å². The Labute approximate surface area is 105 Å². The summed E-state index contributed by atoms with van der Waals surface area (Å²) in [7, 11) is 0. The summed E-state index contributed by atoms with van der Waals surface area (Å²) < 4.78 is 2.17. The molecule has 5 heteroatoms. The van der Waals surface area contributed by atoms with Crippen LogP contribution < -0.4 is 5.01 Å². The van der Waals surface area contributed by atoms with E-state index < -0.39 is 0 Å². The van der Waals surface area contributed by atoms with Crippen molar-refractivity contribution in [3.05, 3.63) is 24.3 Å². The Kier molecular flexibility index (Phi) is 2.89. The Balaban J connectivity index is 2.11. The Morgan fingerprint density at radius 1 is 1.24 bits per heavy atom. The third-order valence-corrected chi connectivity index (χ3v) is 3.47. The lowest BCUT2D eigenvalue weighted by Gasteiger charge is -2.31. The van der Waals surface area contributed by atoms with E-state index in [0.29, 0.717) is 5.88 Å². The van der Waals surface area contributed by atoms with Crippen molar-refractivity contribution in [3.8, 4) is 0 Å². The molecule has 2 aromatic heterocycles. The minimum absolute atomic E-state index is 0.436. The zero-order chi connectivity index (χ0) is 11.7. The molecule has 90 valence electrons. The maximum Gasteiger partial charge on any atom is 0.143 e. The number of rotatable bonds is 2. The standard InChI is InChI=1S/C12H15ClN4/c13-8-12-15-10-9-14-5-4-11(10)17(12)16-6-2-1-3-7-16/h4-5,9H,1-3,6-8H2. The summed E-state index contributed by atoms with van der Waals surface area (Å²) in [4.78, 5) is 8.64.